The zero-order chi connectivity index (χ0) is 54.3. The highest BCUT2D eigenvalue weighted by Crippen LogP contribution is 2.21. The maximum absolute atomic E-state index is 14.5. The second kappa shape index (κ2) is 29.6. The number of hydrogen-bond donors (Lipinski definition) is 15. The summed E-state index contributed by atoms with van der Waals surface area (Å²) in [5.41, 5.74) is 30.1. The number of aromatic nitrogens is 1. The van der Waals surface area contributed by atoms with Crippen LogP contribution in [0, 0.1) is 0 Å². The number of amides is 8. The number of aliphatic hydroxyl groups is 1. The number of para-hydroxylation sites is 1. The summed E-state index contributed by atoms with van der Waals surface area (Å²) in [5, 5.41) is 32.7. The number of nitrogens with one attached hydrogen (secondary N) is 9. The molecule has 402 valence electrons. The van der Waals surface area contributed by atoms with Crippen molar-refractivity contribution in [1.29, 1.82) is 0 Å². The zero-order valence-electron chi connectivity index (χ0n) is 41.2. The molecule has 3 aromatic rings. The number of nitrogens with zero attached hydrogens (tertiary/aromatic N) is 2. The predicted molar refractivity (Wildman–Crippen MR) is 278 cm³/mol. The van der Waals surface area contributed by atoms with Crippen LogP contribution in [0.3, 0.4) is 0 Å². The van der Waals surface area contributed by atoms with Crippen molar-refractivity contribution in [3.05, 3.63) is 83.2 Å². The highest BCUT2D eigenvalue weighted by Gasteiger charge is 2.34. The van der Waals surface area contributed by atoms with Gasteiger partial charge in [0.15, 0.2) is 11.9 Å². The lowest BCUT2D eigenvalue weighted by atomic mass is 10.0. The number of halogens is 1. The summed E-state index contributed by atoms with van der Waals surface area (Å²) in [7, 11) is 0. The number of aliphatic hydroxyl groups excluding tert-OH is 1. The molecule has 1 aliphatic heterocycles. The number of guanidine groups is 2. The number of fused-ring (bicyclic) bond motifs is 1. The molecule has 4 rings (SSSR count). The van der Waals surface area contributed by atoms with Crippen molar-refractivity contribution < 1.29 is 43.5 Å². The van der Waals surface area contributed by atoms with Gasteiger partial charge in [0.1, 0.15) is 36.3 Å². The minimum absolute atomic E-state index is 0.0235. The molecule has 0 bridgehead atoms. The van der Waals surface area contributed by atoms with Crippen LogP contribution in [0.5, 0.6) is 0 Å². The Balaban J connectivity index is 1.75. The van der Waals surface area contributed by atoms with Crippen molar-refractivity contribution in [2.75, 3.05) is 26.2 Å². The van der Waals surface area contributed by atoms with Crippen LogP contribution >= 0.6 is 11.6 Å². The van der Waals surface area contributed by atoms with E-state index in [0.29, 0.717) is 11.1 Å². The largest absolute Gasteiger partial charge is 0.401 e. The molecule has 0 aliphatic carbocycles. The minimum atomic E-state index is -1.75. The van der Waals surface area contributed by atoms with Gasteiger partial charge < -0.3 is 81.3 Å². The van der Waals surface area contributed by atoms with Crippen molar-refractivity contribution in [2.24, 2.45) is 38.7 Å². The number of rotatable bonds is 17. The lowest BCUT2D eigenvalue weighted by Gasteiger charge is -2.28. The van der Waals surface area contributed by atoms with Crippen LogP contribution in [0.4, 0.5) is 0 Å². The third kappa shape index (κ3) is 19.2. The predicted octanol–water partition coefficient (Wildman–Crippen LogP) is -2.72. The average Bonchev–Trinajstić information content (AvgIpc) is 3.76. The Labute approximate surface area is 432 Å². The van der Waals surface area contributed by atoms with Gasteiger partial charge in [-0.15, -0.1) is 0 Å². The van der Waals surface area contributed by atoms with E-state index in [9.17, 15) is 43.5 Å². The molecule has 25 nitrogen and oxygen atoms in total. The first-order chi connectivity index (χ1) is 35.3. The van der Waals surface area contributed by atoms with E-state index in [2.05, 4.69) is 64.1 Å². The van der Waals surface area contributed by atoms with Gasteiger partial charge in [-0.2, -0.15) is 0 Å². The maximum atomic E-state index is 14.5. The molecule has 0 radical (unpaired) electrons. The van der Waals surface area contributed by atoms with Gasteiger partial charge in [0, 0.05) is 73.6 Å². The van der Waals surface area contributed by atoms with Gasteiger partial charge in [0.25, 0.3) is 0 Å². The Morgan fingerprint density at radius 3 is 1.99 bits per heavy atom. The van der Waals surface area contributed by atoms with E-state index in [1.54, 1.807) is 30.5 Å². The second-order valence-corrected chi connectivity index (χ2v) is 18.1. The molecular weight excluding hydrogens is 980 g/mol. The number of carbonyl (C=O) groups is 8. The molecule has 1 fully saturated rings. The van der Waals surface area contributed by atoms with Crippen LogP contribution in [0.15, 0.2) is 77.0 Å². The Morgan fingerprint density at radius 2 is 1.34 bits per heavy atom. The maximum Gasteiger partial charge on any atom is 0.245 e. The fraction of sp³-hybridized carbons (Fsp3) is 0.458. The van der Waals surface area contributed by atoms with E-state index in [1.807, 2.05) is 24.3 Å². The third-order valence-corrected chi connectivity index (χ3v) is 12.2. The van der Waals surface area contributed by atoms with E-state index >= 15 is 0 Å². The van der Waals surface area contributed by atoms with Crippen molar-refractivity contribution in [3.63, 3.8) is 0 Å². The monoisotopic (exact) mass is 1050 g/mol. The molecule has 74 heavy (non-hydrogen) atoms. The summed E-state index contributed by atoms with van der Waals surface area (Å²) in [5.74, 6) is -6.74. The fourth-order valence-electron chi connectivity index (χ4n) is 7.96. The van der Waals surface area contributed by atoms with Crippen molar-refractivity contribution >= 4 is 81.7 Å². The Morgan fingerprint density at radius 1 is 0.757 bits per heavy atom. The number of benzene rings is 2. The van der Waals surface area contributed by atoms with Gasteiger partial charge >= 0.3 is 0 Å². The lowest BCUT2D eigenvalue weighted by Crippen LogP contribution is -2.61. The fourth-order valence-corrected chi connectivity index (χ4v) is 8.17. The van der Waals surface area contributed by atoms with E-state index in [0.717, 1.165) is 10.9 Å². The summed E-state index contributed by atoms with van der Waals surface area (Å²) in [6, 6.07) is 4.35. The quantitative estimate of drug-likeness (QED) is 0.0371. The molecule has 1 aromatic heterocycles. The minimum Gasteiger partial charge on any atom is -0.401 e. The smallest absolute Gasteiger partial charge is 0.245 e. The van der Waals surface area contributed by atoms with Crippen LogP contribution < -0.4 is 71.2 Å². The normalized spacial score (nSPS) is 21.2. The van der Waals surface area contributed by atoms with Gasteiger partial charge in [0.05, 0.1) is 12.6 Å². The first-order valence-corrected chi connectivity index (χ1v) is 24.4. The summed E-state index contributed by atoms with van der Waals surface area (Å²) in [6.45, 7) is 4.27. The standard InChI is InChI=1S/C48H69ClN16O9/c1-26(50)32-14-7-19-55-40(68)18-17-36(62-41(69)34(59-27(2)67)15-8-20-56-47(51)52)43(71)65-39(25-66)46(74)64-37(22-28-10-3-5-12-31(28)49)45(73)61-35(16-9-21-57-48(53)54)42(70)63-38(44(72)60-32)23-29-24-58-33-13-6-4-11-30(29)33/h3-6,10-13,24,32,34-39,58,66H,1,7-9,14-23,25,50H2,2H3,(H,55,68)(H,59,67)(H,60,72)(H,61,73)(H,62,69)(H,63,70)(H,64,74)(H,65,71)(H4,51,52,56)(H4,53,54,57)/t32-,34-,35-,36-,37+,38-,39-/m0/s1. The SMILES string of the molecule is C=C(N)[C@@H]1CCCNC(=O)CC[C@H](NC(=O)[C@H](CCCN=C(N)N)NC(C)=O)C(=O)N[C@@H](CO)C(=O)N[C@H](Cc2ccccc2Cl)C(=O)N[C@@H](CCCN=C(N)N)C(=O)N[C@@H](Cc2c[nH]c3ccccc23)C(=O)N1. The molecule has 0 saturated carbocycles. The number of carbonyl (C=O) groups excluding carboxylic acids is 8. The topological polar surface area (TPSA) is 424 Å². The average molecular weight is 1050 g/mol. The first kappa shape index (κ1) is 58.6. The van der Waals surface area contributed by atoms with Gasteiger partial charge in [0.2, 0.25) is 47.3 Å². The Bertz CT molecular complexity index is 2530. The van der Waals surface area contributed by atoms with Crippen molar-refractivity contribution in [1.82, 2.24) is 47.5 Å². The van der Waals surface area contributed by atoms with Crippen LogP contribution in [0.2, 0.25) is 5.02 Å². The highest BCUT2D eigenvalue weighted by atomic mass is 35.5. The second-order valence-electron chi connectivity index (χ2n) is 17.7. The zero-order valence-corrected chi connectivity index (χ0v) is 42.0. The summed E-state index contributed by atoms with van der Waals surface area (Å²) < 4.78 is 0. The first-order valence-electron chi connectivity index (χ1n) is 24.1. The van der Waals surface area contributed by atoms with Crippen molar-refractivity contribution in [3.8, 4) is 0 Å². The summed E-state index contributed by atoms with van der Waals surface area (Å²) in [4.78, 5) is 122. The third-order valence-electron chi connectivity index (χ3n) is 11.8. The van der Waals surface area contributed by atoms with E-state index in [1.165, 1.54) is 6.92 Å². The van der Waals surface area contributed by atoms with Gasteiger partial charge in [-0.1, -0.05) is 54.6 Å². The van der Waals surface area contributed by atoms with Crippen molar-refractivity contribution in [2.45, 2.75) is 113 Å². The number of nitrogens with two attached hydrogens (primary N) is 5. The number of aliphatic imine (C=N–C) groups is 2. The molecule has 1 saturated heterocycles. The Hall–Kier alpha value is -7.93. The highest BCUT2D eigenvalue weighted by molar-refractivity contribution is 6.31. The van der Waals surface area contributed by atoms with E-state index in [-0.39, 0.29) is 106 Å². The molecule has 20 N–H and O–H groups in total. The molecular formula is C48H69ClN16O9. The van der Waals surface area contributed by atoms with Crippen LogP contribution in [0.1, 0.15) is 69.4 Å². The molecule has 2 aromatic carbocycles. The lowest BCUT2D eigenvalue weighted by molar-refractivity contribution is -0.136. The number of H-pyrrole nitrogens is 1. The summed E-state index contributed by atoms with van der Waals surface area (Å²) in [6.07, 6.45) is 1.57. The van der Waals surface area contributed by atoms with Gasteiger partial charge in [-0.25, -0.2) is 0 Å². The molecule has 0 unspecified atom stereocenters. The molecule has 1 aliphatic rings. The summed E-state index contributed by atoms with van der Waals surface area (Å²) >= 11 is 6.53. The molecule has 2 heterocycles. The number of hydrogen-bond acceptors (Lipinski definition) is 12. The Kier molecular flexibility index (Phi) is 23.4. The van der Waals surface area contributed by atoms with E-state index in [4.69, 9.17) is 40.3 Å². The molecule has 0 spiro atoms. The van der Waals surface area contributed by atoms with Gasteiger partial charge in [-0.3, -0.25) is 48.3 Å². The van der Waals surface area contributed by atoms with Gasteiger partial charge in [-0.05, 0) is 68.2 Å². The molecule has 7 atom stereocenters. The van der Waals surface area contributed by atoms with E-state index < -0.39 is 96.2 Å². The van der Waals surface area contributed by atoms with Crippen LogP contribution in [-0.4, -0.2) is 138 Å². The number of aromatic amines is 1. The van der Waals surface area contributed by atoms with Crippen LogP contribution in [-0.2, 0) is 51.2 Å². The molecule has 8 amide bonds. The van der Waals surface area contributed by atoms with Crippen LogP contribution in [0.25, 0.3) is 10.9 Å². The molecule has 26 heteroatoms.